The second-order valence-corrected chi connectivity index (χ2v) is 7.83. The Labute approximate surface area is 191 Å². The van der Waals surface area contributed by atoms with Gasteiger partial charge in [0.05, 0.1) is 0 Å². The molecule has 0 fully saturated rings. The van der Waals surface area contributed by atoms with Gasteiger partial charge in [0.15, 0.2) is 5.84 Å². The Morgan fingerprint density at radius 2 is 1.31 bits per heavy atom. The third-order valence-corrected chi connectivity index (χ3v) is 5.67. The zero-order valence-electron chi connectivity index (χ0n) is 17.1. The van der Waals surface area contributed by atoms with Crippen molar-refractivity contribution in [2.24, 2.45) is 5.16 Å². The smallest absolute Gasteiger partial charge is 0.304 e. The van der Waals surface area contributed by atoms with E-state index in [1.807, 2.05) is 95.9 Å². The van der Waals surface area contributed by atoms with Crippen LogP contribution in [0.4, 0.5) is 5.69 Å². The van der Waals surface area contributed by atoms with Crippen molar-refractivity contribution in [2.45, 2.75) is 5.72 Å². The quantitative estimate of drug-likeness (QED) is 0.344. The minimum Gasteiger partial charge on any atom is -0.351 e. The van der Waals surface area contributed by atoms with Crippen molar-refractivity contribution >= 4 is 28.9 Å². The summed E-state index contributed by atoms with van der Waals surface area (Å²) in [6.45, 7) is 0. The van der Waals surface area contributed by atoms with E-state index in [-0.39, 0.29) is 5.78 Å². The summed E-state index contributed by atoms with van der Waals surface area (Å²) in [5, 5.41) is 5.07. The molecular weight excluding hydrogens is 420 g/mol. The second kappa shape index (κ2) is 8.33. The molecule has 1 aliphatic rings. The summed E-state index contributed by atoms with van der Waals surface area (Å²) >= 11 is 6.12. The first-order valence-corrected chi connectivity index (χ1v) is 10.6. The third kappa shape index (κ3) is 3.35. The number of hydrogen-bond donors (Lipinski definition) is 0. The van der Waals surface area contributed by atoms with E-state index >= 15 is 0 Å². The minimum atomic E-state index is -1.50. The number of carbonyl (C=O) groups excluding carboxylic acids is 1. The fraction of sp³-hybridized carbons (Fsp3) is 0.0370. The summed E-state index contributed by atoms with van der Waals surface area (Å²) in [6, 6.07) is 35.6. The summed E-state index contributed by atoms with van der Waals surface area (Å²) in [6.07, 6.45) is 0. The Bertz CT molecular complexity index is 1260. The number of hydrogen-bond acceptors (Lipinski definition) is 4. The van der Waals surface area contributed by atoms with Gasteiger partial charge in [0.1, 0.15) is 0 Å². The van der Waals surface area contributed by atoms with Crippen LogP contribution in [0.5, 0.6) is 0 Å². The van der Waals surface area contributed by atoms with Gasteiger partial charge in [0.2, 0.25) is 5.78 Å². The largest absolute Gasteiger partial charge is 0.351 e. The first-order valence-electron chi connectivity index (χ1n) is 10.2. The SMILES string of the molecule is O=C(c1ccccc1)C1(c2ccccc2)ON=C(c2ccc(Cl)cc2)N1c1ccccc1. The van der Waals surface area contributed by atoms with E-state index in [0.717, 1.165) is 11.3 Å². The first-order chi connectivity index (χ1) is 15.7. The van der Waals surface area contributed by atoms with Gasteiger partial charge in [-0.1, -0.05) is 95.6 Å². The Hall–Kier alpha value is -3.89. The fourth-order valence-corrected chi connectivity index (χ4v) is 4.03. The van der Waals surface area contributed by atoms with Crippen LogP contribution in [0.2, 0.25) is 5.02 Å². The lowest BCUT2D eigenvalue weighted by Gasteiger charge is -2.36. The molecule has 4 aromatic rings. The van der Waals surface area contributed by atoms with Crippen molar-refractivity contribution in [3.63, 3.8) is 0 Å². The fourth-order valence-electron chi connectivity index (χ4n) is 3.91. The third-order valence-electron chi connectivity index (χ3n) is 5.42. The number of Topliss-reactive ketones (excluding diaryl/α,β-unsaturated/α-hetero) is 1. The topological polar surface area (TPSA) is 41.9 Å². The van der Waals surface area contributed by atoms with Crippen molar-refractivity contribution in [1.29, 1.82) is 0 Å². The molecule has 0 saturated carbocycles. The van der Waals surface area contributed by atoms with Gasteiger partial charge in [-0.25, -0.2) is 0 Å². The molecule has 32 heavy (non-hydrogen) atoms. The highest BCUT2D eigenvalue weighted by atomic mass is 35.5. The predicted octanol–water partition coefficient (Wildman–Crippen LogP) is 6.27. The highest BCUT2D eigenvalue weighted by Gasteiger charge is 2.55. The van der Waals surface area contributed by atoms with Crippen molar-refractivity contribution < 1.29 is 9.63 Å². The first kappa shape index (κ1) is 20.0. The van der Waals surface area contributed by atoms with Crippen LogP contribution in [0.25, 0.3) is 0 Å². The van der Waals surface area contributed by atoms with Crippen LogP contribution >= 0.6 is 11.6 Å². The van der Waals surface area contributed by atoms with Crippen molar-refractivity contribution in [2.75, 3.05) is 4.90 Å². The average molecular weight is 439 g/mol. The molecule has 156 valence electrons. The van der Waals surface area contributed by atoms with E-state index in [9.17, 15) is 4.79 Å². The summed E-state index contributed by atoms with van der Waals surface area (Å²) in [4.78, 5) is 22.1. The van der Waals surface area contributed by atoms with Gasteiger partial charge in [0, 0.05) is 27.4 Å². The standard InChI is InChI=1S/C27H19ClN2O2/c28-23-18-16-21(17-19-23)26-29-32-27(22-12-6-2-7-13-22,25(31)20-10-4-1-5-11-20)30(26)24-14-8-3-9-15-24/h1-19H. The summed E-state index contributed by atoms with van der Waals surface area (Å²) in [5.41, 5.74) is 1.29. The van der Waals surface area contributed by atoms with Gasteiger partial charge >= 0.3 is 5.72 Å². The van der Waals surface area contributed by atoms with E-state index in [2.05, 4.69) is 5.16 Å². The van der Waals surface area contributed by atoms with E-state index in [1.165, 1.54) is 0 Å². The van der Waals surface area contributed by atoms with Gasteiger partial charge in [-0.2, -0.15) is 0 Å². The maximum absolute atomic E-state index is 14.1. The maximum atomic E-state index is 14.1. The number of halogens is 1. The zero-order chi connectivity index (χ0) is 22.0. The molecule has 5 heteroatoms. The van der Waals surface area contributed by atoms with Gasteiger partial charge in [-0.15, -0.1) is 0 Å². The molecule has 1 atom stereocenters. The van der Waals surface area contributed by atoms with Gasteiger partial charge < -0.3 is 4.84 Å². The summed E-state index contributed by atoms with van der Waals surface area (Å²) in [5.74, 6) is 0.321. The molecule has 1 aliphatic heterocycles. The molecule has 0 aliphatic carbocycles. The lowest BCUT2D eigenvalue weighted by Crippen LogP contribution is -2.52. The molecule has 5 rings (SSSR count). The average Bonchev–Trinajstić information content (AvgIpc) is 3.27. The van der Waals surface area contributed by atoms with Crippen LogP contribution in [-0.4, -0.2) is 11.6 Å². The summed E-state index contributed by atoms with van der Waals surface area (Å²) < 4.78 is 0. The van der Waals surface area contributed by atoms with Crippen LogP contribution in [0.15, 0.2) is 120 Å². The van der Waals surface area contributed by atoms with E-state index in [4.69, 9.17) is 16.4 Å². The maximum Gasteiger partial charge on any atom is 0.304 e. The van der Waals surface area contributed by atoms with Crippen molar-refractivity contribution in [3.8, 4) is 0 Å². The zero-order valence-corrected chi connectivity index (χ0v) is 17.8. The molecular formula is C27H19ClN2O2. The van der Waals surface area contributed by atoms with Crippen LogP contribution in [0, 0.1) is 0 Å². The Balaban J connectivity index is 1.75. The number of ketones is 1. The number of nitrogens with zero attached hydrogens (tertiary/aromatic N) is 2. The minimum absolute atomic E-state index is 0.208. The van der Waals surface area contributed by atoms with E-state index in [0.29, 0.717) is 22.0 Å². The molecule has 0 spiro atoms. The molecule has 4 aromatic carbocycles. The van der Waals surface area contributed by atoms with Crippen LogP contribution in [-0.2, 0) is 10.6 Å². The van der Waals surface area contributed by atoms with E-state index in [1.54, 1.807) is 24.3 Å². The number of benzene rings is 4. The Morgan fingerprint density at radius 1 is 0.750 bits per heavy atom. The van der Waals surface area contributed by atoms with Crippen molar-refractivity contribution in [3.05, 3.63) is 137 Å². The molecule has 1 unspecified atom stereocenters. The van der Waals surface area contributed by atoms with Gasteiger partial charge in [0.25, 0.3) is 0 Å². The number of para-hydroxylation sites is 1. The highest BCUT2D eigenvalue weighted by Crippen LogP contribution is 2.42. The molecule has 0 amide bonds. The number of carbonyl (C=O) groups is 1. The monoisotopic (exact) mass is 438 g/mol. The van der Waals surface area contributed by atoms with Crippen LogP contribution < -0.4 is 4.90 Å². The van der Waals surface area contributed by atoms with Gasteiger partial charge in [-0.3, -0.25) is 9.69 Å². The van der Waals surface area contributed by atoms with Crippen molar-refractivity contribution in [1.82, 2.24) is 0 Å². The lowest BCUT2D eigenvalue weighted by molar-refractivity contribution is -0.00648. The molecule has 4 nitrogen and oxygen atoms in total. The van der Waals surface area contributed by atoms with Gasteiger partial charge in [-0.05, 0) is 36.4 Å². The lowest BCUT2D eigenvalue weighted by atomic mass is 9.90. The molecule has 0 radical (unpaired) electrons. The number of amidine groups is 1. The molecule has 0 bridgehead atoms. The highest BCUT2D eigenvalue weighted by molar-refractivity contribution is 6.30. The number of anilines is 1. The van der Waals surface area contributed by atoms with Crippen LogP contribution in [0.1, 0.15) is 21.5 Å². The van der Waals surface area contributed by atoms with Crippen LogP contribution in [0.3, 0.4) is 0 Å². The number of rotatable bonds is 5. The van der Waals surface area contributed by atoms with E-state index < -0.39 is 5.72 Å². The predicted molar refractivity (Wildman–Crippen MR) is 127 cm³/mol. The molecule has 0 aromatic heterocycles. The second-order valence-electron chi connectivity index (χ2n) is 7.39. The molecule has 0 saturated heterocycles. The Morgan fingerprint density at radius 3 is 1.94 bits per heavy atom. The molecule has 0 N–H and O–H groups in total. The summed E-state index contributed by atoms with van der Waals surface area (Å²) in [7, 11) is 0. The Kier molecular flexibility index (Phi) is 5.21. The normalized spacial score (nSPS) is 17.5. The number of oxime groups is 1. The molecule has 1 heterocycles.